The van der Waals surface area contributed by atoms with Crippen LogP contribution in [0.5, 0.6) is 0 Å². The van der Waals surface area contributed by atoms with Crippen molar-refractivity contribution in [2.45, 2.75) is 32.1 Å². The normalized spacial score (nSPS) is 11.3. The number of hydrogen-bond acceptors (Lipinski definition) is 7. The lowest BCUT2D eigenvalue weighted by atomic mass is 10.2. The van der Waals surface area contributed by atoms with Crippen LogP contribution in [0.25, 0.3) is 0 Å². The smallest absolute Gasteiger partial charge is 0.409 e. The third-order valence-electron chi connectivity index (χ3n) is 3.76. The molecule has 8 nitrogen and oxygen atoms in total. The van der Waals surface area contributed by atoms with E-state index in [1.807, 2.05) is 13.8 Å². The van der Waals surface area contributed by atoms with Gasteiger partial charge in [-0.15, -0.1) is 10.2 Å². The number of ether oxygens (including phenoxy) is 1. The van der Waals surface area contributed by atoms with Gasteiger partial charge in [0.25, 0.3) is 10.0 Å². The topological polar surface area (TPSA) is 101 Å². The Bertz CT molecular complexity index is 898. The molecular weight excluding hydrogens is 412 g/mol. The summed E-state index contributed by atoms with van der Waals surface area (Å²) in [5, 5.41) is 8.83. The maximum Gasteiger partial charge on any atom is 0.409 e. The van der Waals surface area contributed by atoms with Gasteiger partial charge in [0, 0.05) is 24.5 Å². The Hall–Kier alpha value is -1.91. The van der Waals surface area contributed by atoms with Crippen LogP contribution in [-0.2, 0) is 21.2 Å². The van der Waals surface area contributed by atoms with Crippen molar-refractivity contribution in [3.05, 3.63) is 33.8 Å². The van der Waals surface area contributed by atoms with E-state index in [0.29, 0.717) is 35.1 Å². The molecule has 0 unspecified atom stereocenters. The molecule has 0 saturated carbocycles. The van der Waals surface area contributed by atoms with Crippen LogP contribution in [0.1, 0.15) is 24.4 Å². The first-order valence-electron chi connectivity index (χ1n) is 8.30. The first-order valence-corrected chi connectivity index (χ1v) is 11.0. The minimum absolute atomic E-state index is 0.0832. The average molecular weight is 433 g/mol. The fraction of sp³-hybridized carbons (Fsp3) is 0.438. The highest BCUT2D eigenvalue weighted by atomic mass is 35.5. The van der Waals surface area contributed by atoms with E-state index in [9.17, 15) is 13.2 Å². The molecule has 0 bridgehead atoms. The molecular formula is C16H21ClN4O4S2. The number of amides is 1. The molecule has 1 N–H and O–H groups in total. The van der Waals surface area contributed by atoms with Crippen LogP contribution in [0.2, 0.25) is 5.02 Å². The summed E-state index contributed by atoms with van der Waals surface area (Å²) in [4.78, 5) is 13.4. The standard InChI is InChI=1S/C16H21ClN4O4S2/c1-4-21(5-2)16(22)25-10-9-14-18-19-15(26-14)20-27(23,24)13-8-6-7-12(17)11(13)3/h6-8H,4-5,9-10H2,1-3H3,(H,19,20). The molecule has 2 rings (SSSR count). The van der Waals surface area contributed by atoms with E-state index < -0.39 is 10.0 Å². The van der Waals surface area contributed by atoms with E-state index in [1.54, 1.807) is 24.0 Å². The molecule has 1 heterocycles. The van der Waals surface area contributed by atoms with Crippen molar-refractivity contribution < 1.29 is 17.9 Å². The van der Waals surface area contributed by atoms with Gasteiger partial charge in [0.2, 0.25) is 5.13 Å². The molecule has 0 spiro atoms. The molecule has 148 valence electrons. The third kappa shape index (κ3) is 5.53. The minimum Gasteiger partial charge on any atom is -0.449 e. The lowest BCUT2D eigenvalue weighted by Gasteiger charge is -2.17. The molecule has 1 amide bonds. The third-order valence-corrected chi connectivity index (χ3v) is 6.68. The molecule has 27 heavy (non-hydrogen) atoms. The van der Waals surface area contributed by atoms with Crippen molar-refractivity contribution in [2.24, 2.45) is 0 Å². The van der Waals surface area contributed by atoms with E-state index >= 15 is 0 Å². The van der Waals surface area contributed by atoms with Gasteiger partial charge in [0.1, 0.15) is 5.01 Å². The number of carbonyl (C=O) groups excluding carboxylic acids is 1. The Kier molecular flexibility index (Phi) is 7.40. The molecule has 1 aromatic carbocycles. The number of nitrogens with zero attached hydrogens (tertiary/aromatic N) is 3. The van der Waals surface area contributed by atoms with E-state index in [2.05, 4.69) is 14.9 Å². The minimum atomic E-state index is -3.82. The largest absolute Gasteiger partial charge is 0.449 e. The van der Waals surface area contributed by atoms with Crippen LogP contribution in [0, 0.1) is 6.92 Å². The summed E-state index contributed by atoms with van der Waals surface area (Å²) >= 11 is 7.08. The SMILES string of the molecule is CCN(CC)C(=O)OCCc1nnc(NS(=O)(=O)c2cccc(Cl)c2C)s1. The fourth-order valence-electron chi connectivity index (χ4n) is 2.24. The van der Waals surface area contributed by atoms with Crippen LogP contribution in [-0.4, -0.2) is 49.3 Å². The first-order chi connectivity index (χ1) is 12.8. The predicted octanol–water partition coefficient (Wildman–Crippen LogP) is 3.32. The maximum atomic E-state index is 12.5. The monoisotopic (exact) mass is 432 g/mol. The number of nitrogens with one attached hydrogen (secondary N) is 1. The number of sulfonamides is 1. The summed E-state index contributed by atoms with van der Waals surface area (Å²) in [6, 6.07) is 4.66. The van der Waals surface area contributed by atoms with Crippen molar-refractivity contribution >= 4 is 44.2 Å². The second-order valence-electron chi connectivity index (χ2n) is 5.51. The lowest BCUT2D eigenvalue weighted by Crippen LogP contribution is -2.31. The van der Waals surface area contributed by atoms with E-state index in [0.717, 1.165) is 11.3 Å². The Labute approximate surface area is 167 Å². The van der Waals surface area contributed by atoms with Crippen molar-refractivity contribution in [2.75, 3.05) is 24.4 Å². The highest BCUT2D eigenvalue weighted by Gasteiger charge is 2.20. The molecule has 1 aromatic heterocycles. The Balaban J connectivity index is 1.97. The number of benzene rings is 1. The number of hydrogen-bond donors (Lipinski definition) is 1. The lowest BCUT2D eigenvalue weighted by molar-refractivity contribution is 0.107. The van der Waals surface area contributed by atoms with Crippen molar-refractivity contribution in [1.29, 1.82) is 0 Å². The zero-order chi connectivity index (χ0) is 20.0. The molecule has 0 aliphatic heterocycles. The molecule has 2 aromatic rings. The second-order valence-corrected chi connectivity index (χ2v) is 8.63. The van der Waals surface area contributed by atoms with E-state index in [1.165, 1.54) is 6.07 Å². The number of carbonyl (C=O) groups is 1. The van der Waals surface area contributed by atoms with Crippen LogP contribution >= 0.6 is 22.9 Å². The van der Waals surface area contributed by atoms with Gasteiger partial charge in [-0.25, -0.2) is 13.2 Å². The number of aromatic nitrogens is 2. The summed E-state index contributed by atoms with van der Waals surface area (Å²) < 4.78 is 32.6. The number of halogens is 1. The van der Waals surface area contributed by atoms with Gasteiger partial charge in [0.15, 0.2) is 0 Å². The molecule has 0 aliphatic carbocycles. The summed E-state index contributed by atoms with van der Waals surface area (Å²) in [5.41, 5.74) is 0.458. The van der Waals surface area contributed by atoms with Gasteiger partial charge < -0.3 is 9.64 Å². The van der Waals surface area contributed by atoms with Crippen LogP contribution in [0.4, 0.5) is 9.93 Å². The summed E-state index contributed by atoms with van der Waals surface area (Å²) in [6.07, 6.45) is -0.0374. The highest BCUT2D eigenvalue weighted by Crippen LogP contribution is 2.26. The van der Waals surface area contributed by atoms with Crippen LogP contribution in [0.15, 0.2) is 23.1 Å². The first kappa shape index (κ1) is 21.4. The van der Waals surface area contributed by atoms with Crippen molar-refractivity contribution in [3.63, 3.8) is 0 Å². The number of rotatable bonds is 8. The summed E-state index contributed by atoms with van der Waals surface area (Å²) in [6.45, 7) is 6.66. The summed E-state index contributed by atoms with van der Waals surface area (Å²) in [7, 11) is -3.82. The second kappa shape index (κ2) is 9.34. The molecule has 0 saturated heterocycles. The van der Waals surface area contributed by atoms with Gasteiger partial charge in [-0.1, -0.05) is 29.0 Å². The number of anilines is 1. The highest BCUT2D eigenvalue weighted by molar-refractivity contribution is 7.93. The average Bonchev–Trinajstić information content (AvgIpc) is 3.04. The zero-order valence-corrected chi connectivity index (χ0v) is 17.6. The van der Waals surface area contributed by atoms with Crippen molar-refractivity contribution in [3.8, 4) is 0 Å². The van der Waals surface area contributed by atoms with Gasteiger partial charge in [0.05, 0.1) is 11.5 Å². The van der Waals surface area contributed by atoms with Gasteiger partial charge in [-0.3, -0.25) is 4.72 Å². The van der Waals surface area contributed by atoms with Gasteiger partial charge in [-0.05, 0) is 38.5 Å². The molecule has 0 aliphatic rings. The Morgan fingerprint density at radius 3 is 2.67 bits per heavy atom. The van der Waals surface area contributed by atoms with Crippen LogP contribution < -0.4 is 4.72 Å². The van der Waals surface area contributed by atoms with Crippen molar-refractivity contribution in [1.82, 2.24) is 15.1 Å². The molecule has 0 radical (unpaired) electrons. The molecule has 11 heteroatoms. The van der Waals surface area contributed by atoms with Gasteiger partial charge in [-0.2, -0.15) is 0 Å². The Morgan fingerprint density at radius 2 is 2.00 bits per heavy atom. The molecule has 0 fully saturated rings. The van der Waals surface area contributed by atoms with E-state index in [-0.39, 0.29) is 22.7 Å². The van der Waals surface area contributed by atoms with Crippen LogP contribution in [0.3, 0.4) is 0 Å². The Morgan fingerprint density at radius 1 is 1.30 bits per heavy atom. The fourth-order valence-corrected chi connectivity index (χ4v) is 4.69. The quantitative estimate of drug-likeness (QED) is 0.686. The molecule has 0 atom stereocenters. The summed E-state index contributed by atoms with van der Waals surface area (Å²) in [5.74, 6) is 0. The zero-order valence-electron chi connectivity index (χ0n) is 15.2. The van der Waals surface area contributed by atoms with E-state index in [4.69, 9.17) is 16.3 Å². The predicted molar refractivity (Wildman–Crippen MR) is 105 cm³/mol. The maximum absolute atomic E-state index is 12.5. The van der Waals surface area contributed by atoms with Gasteiger partial charge >= 0.3 is 6.09 Å².